The first-order valence-corrected chi connectivity index (χ1v) is 11.8. The van der Waals surface area contributed by atoms with E-state index in [1.807, 2.05) is 50.2 Å². The summed E-state index contributed by atoms with van der Waals surface area (Å²) in [5.41, 5.74) is 2.27. The van der Waals surface area contributed by atoms with Crippen LogP contribution in [0.25, 0.3) is 0 Å². The van der Waals surface area contributed by atoms with Crippen LogP contribution in [0, 0.1) is 6.92 Å². The maximum absolute atomic E-state index is 13.5. The van der Waals surface area contributed by atoms with Crippen molar-refractivity contribution in [3.8, 4) is 5.75 Å². The van der Waals surface area contributed by atoms with Gasteiger partial charge in [0.05, 0.1) is 17.7 Å². The van der Waals surface area contributed by atoms with Crippen LogP contribution < -0.4 is 14.4 Å². The molecule has 1 unspecified atom stereocenters. The molecule has 0 aliphatic heterocycles. The SMILES string of the molecule is COc1ccc(C)cc1N(CC(=O)NCC(C)c1ccccc1)S(=O)(=O)c1ccccc1. The lowest BCUT2D eigenvalue weighted by molar-refractivity contribution is -0.119. The fourth-order valence-electron chi connectivity index (χ4n) is 3.37. The van der Waals surface area contributed by atoms with E-state index in [0.29, 0.717) is 18.0 Å². The minimum absolute atomic E-state index is 0.0906. The van der Waals surface area contributed by atoms with Gasteiger partial charge in [0.2, 0.25) is 5.91 Å². The van der Waals surface area contributed by atoms with Gasteiger partial charge in [-0.3, -0.25) is 9.10 Å². The molecule has 0 aliphatic rings. The van der Waals surface area contributed by atoms with E-state index in [1.165, 1.54) is 19.2 Å². The van der Waals surface area contributed by atoms with E-state index in [-0.39, 0.29) is 17.4 Å². The van der Waals surface area contributed by atoms with Gasteiger partial charge < -0.3 is 10.1 Å². The van der Waals surface area contributed by atoms with Crippen LogP contribution in [-0.2, 0) is 14.8 Å². The van der Waals surface area contributed by atoms with Gasteiger partial charge in [-0.05, 0) is 48.2 Å². The van der Waals surface area contributed by atoms with E-state index in [1.54, 1.807) is 30.3 Å². The lowest BCUT2D eigenvalue weighted by atomic mass is 10.0. The Morgan fingerprint density at radius 1 is 1.00 bits per heavy atom. The molecule has 0 radical (unpaired) electrons. The molecule has 1 atom stereocenters. The molecular formula is C25H28N2O4S. The van der Waals surface area contributed by atoms with Crippen molar-refractivity contribution < 1.29 is 17.9 Å². The smallest absolute Gasteiger partial charge is 0.264 e. The summed E-state index contributed by atoms with van der Waals surface area (Å²) < 4.78 is 33.5. The molecule has 0 aliphatic carbocycles. The van der Waals surface area contributed by atoms with Gasteiger partial charge in [0.15, 0.2) is 0 Å². The first kappa shape index (κ1) is 23.3. The number of methoxy groups -OCH3 is 1. The van der Waals surface area contributed by atoms with Crippen molar-refractivity contribution in [2.75, 3.05) is 24.5 Å². The highest BCUT2D eigenvalue weighted by Crippen LogP contribution is 2.33. The van der Waals surface area contributed by atoms with Gasteiger partial charge in [-0.15, -0.1) is 0 Å². The third kappa shape index (κ3) is 5.48. The molecule has 0 saturated heterocycles. The topological polar surface area (TPSA) is 75.7 Å². The summed E-state index contributed by atoms with van der Waals surface area (Å²) >= 11 is 0. The lowest BCUT2D eigenvalue weighted by Gasteiger charge is -2.26. The number of carbonyl (C=O) groups excluding carboxylic acids is 1. The van der Waals surface area contributed by atoms with Gasteiger partial charge in [-0.2, -0.15) is 0 Å². The quantitative estimate of drug-likeness (QED) is 0.530. The molecule has 1 amide bonds. The van der Waals surface area contributed by atoms with Crippen LogP contribution in [0.15, 0.2) is 83.8 Å². The third-order valence-electron chi connectivity index (χ3n) is 5.20. The van der Waals surface area contributed by atoms with Gasteiger partial charge in [0.1, 0.15) is 12.3 Å². The predicted molar refractivity (Wildman–Crippen MR) is 127 cm³/mol. The van der Waals surface area contributed by atoms with Crippen molar-refractivity contribution in [3.63, 3.8) is 0 Å². The Kier molecular flexibility index (Phi) is 7.53. The highest BCUT2D eigenvalue weighted by atomic mass is 32.2. The molecule has 3 aromatic rings. The van der Waals surface area contributed by atoms with Crippen molar-refractivity contribution in [1.29, 1.82) is 0 Å². The van der Waals surface area contributed by atoms with Crippen molar-refractivity contribution in [1.82, 2.24) is 5.32 Å². The molecule has 0 fully saturated rings. The van der Waals surface area contributed by atoms with Crippen molar-refractivity contribution >= 4 is 21.6 Å². The fraction of sp³-hybridized carbons (Fsp3) is 0.240. The first-order valence-electron chi connectivity index (χ1n) is 10.4. The molecular weight excluding hydrogens is 424 g/mol. The standard InChI is InChI=1S/C25H28N2O4S/c1-19-14-15-24(31-3)23(16-19)27(32(29,30)22-12-8-5-9-13-22)18-25(28)26-17-20(2)21-10-6-4-7-11-21/h4-16,20H,17-18H2,1-3H3,(H,26,28). The maximum atomic E-state index is 13.5. The third-order valence-corrected chi connectivity index (χ3v) is 6.97. The Hall–Kier alpha value is -3.32. The van der Waals surface area contributed by atoms with Crippen molar-refractivity contribution in [3.05, 3.63) is 90.0 Å². The summed E-state index contributed by atoms with van der Waals surface area (Å²) in [5.74, 6) is 0.0734. The van der Waals surface area contributed by atoms with E-state index in [2.05, 4.69) is 5.32 Å². The number of nitrogens with one attached hydrogen (secondary N) is 1. The average molecular weight is 453 g/mol. The van der Waals surface area contributed by atoms with Crippen LogP contribution in [-0.4, -0.2) is 34.5 Å². The summed E-state index contributed by atoms with van der Waals surface area (Å²) in [6, 6.07) is 23.2. The number of ether oxygens (including phenoxy) is 1. The van der Waals surface area contributed by atoms with Crippen LogP contribution in [0.2, 0.25) is 0 Å². The van der Waals surface area contributed by atoms with Gasteiger partial charge in [0.25, 0.3) is 10.0 Å². The first-order chi connectivity index (χ1) is 15.3. The number of amides is 1. The van der Waals surface area contributed by atoms with Crippen LogP contribution in [0.3, 0.4) is 0 Å². The second-order valence-electron chi connectivity index (χ2n) is 7.62. The molecule has 0 heterocycles. The Morgan fingerprint density at radius 3 is 2.25 bits per heavy atom. The largest absolute Gasteiger partial charge is 0.495 e. The summed E-state index contributed by atoms with van der Waals surface area (Å²) in [6.07, 6.45) is 0. The molecule has 0 spiro atoms. The Bertz CT molecular complexity index is 1150. The van der Waals surface area contributed by atoms with Crippen molar-refractivity contribution in [2.45, 2.75) is 24.7 Å². The Morgan fingerprint density at radius 2 is 1.62 bits per heavy atom. The zero-order valence-corrected chi connectivity index (χ0v) is 19.3. The molecule has 3 aromatic carbocycles. The van der Waals surface area contributed by atoms with Crippen LogP contribution in [0.5, 0.6) is 5.75 Å². The second-order valence-corrected chi connectivity index (χ2v) is 9.48. The molecule has 0 bridgehead atoms. The molecule has 7 heteroatoms. The van der Waals surface area contributed by atoms with Crippen LogP contribution in [0.1, 0.15) is 24.0 Å². The van der Waals surface area contributed by atoms with E-state index in [0.717, 1.165) is 15.4 Å². The number of benzene rings is 3. The lowest BCUT2D eigenvalue weighted by Crippen LogP contribution is -2.42. The van der Waals surface area contributed by atoms with Gasteiger partial charge >= 0.3 is 0 Å². The molecule has 32 heavy (non-hydrogen) atoms. The van der Waals surface area contributed by atoms with Crippen LogP contribution >= 0.6 is 0 Å². The van der Waals surface area contributed by atoms with E-state index < -0.39 is 15.9 Å². The minimum Gasteiger partial charge on any atom is -0.495 e. The van der Waals surface area contributed by atoms with E-state index in [4.69, 9.17) is 4.74 Å². The highest BCUT2D eigenvalue weighted by Gasteiger charge is 2.29. The molecule has 3 rings (SSSR count). The monoisotopic (exact) mass is 452 g/mol. The van der Waals surface area contributed by atoms with E-state index in [9.17, 15) is 13.2 Å². The summed E-state index contributed by atoms with van der Waals surface area (Å²) in [6.45, 7) is 3.90. The van der Waals surface area contributed by atoms with Gasteiger partial charge in [-0.25, -0.2) is 8.42 Å². The number of hydrogen-bond acceptors (Lipinski definition) is 4. The minimum atomic E-state index is -4.00. The Balaban J connectivity index is 1.88. The number of anilines is 1. The van der Waals surface area contributed by atoms with Crippen molar-refractivity contribution in [2.24, 2.45) is 0 Å². The zero-order chi connectivity index (χ0) is 23.1. The average Bonchev–Trinajstić information content (AvgIpc) is 2.82. The fourth-order valence-corrected chi connectivity index (χ4v) is 4.81. The number of carbonyl (C=O) groups is 1. The van der Waals surface area contributed by atoms with E-state index >= 15 is 0 Å². The zero-order valence-electron chi connectivity index (χ0n) is 18.5. The number of hydrogen-bond donors (Lipinski definition) is 1. The summed E-state index contributed by atoms with van der Waals surface area (Å²) in [7, 11) is -2.52. The Labute approximate surface area is 189 Å². The molecule has 0 saturated carbocycles. The number of nitrogens with zero attached hydrogens (tertiary/aromatic N) is 1. The number of sulfonamides is 1. The normalized spacial score (nSPS) is 12.1. The molecule has 1 N–H and O–H groups in total. The number of aryl methyl sites for hydroxylation is 1. The predicted octanol–water partition coefficient (Wildman–Crippen LogP) is 4.12. The van der Waals surface area contributed by atoms with Gasteiger partial charge in [0, 0.05) is 6.54 Å². The molecule has 168 valence electrons. The second kappa shape index (κ2) is 10.3. The maximum Gasteiger partial charge on any atom is 0.264 e. The van der Waals surface area contributed by atoms with Gasteiger partial charge in [-0.1, -0.05) is 61.5 Å². The summed E-state index contributed by atoms with van der Waals surface area (Å²) in [4.78, 5) is 13.0. The molecule has 6 nitrogen and oxygen atoms in total. The molecule has 0 aromatic heterocycles. The highest BCUT2D eigenvalue weighted by molar-refractivity contribution is 7.92. The summed E-state index contributed by atoms with van der Waals surface area (Å²) in [5, 5.41) is 2.87. The number of rotatable bonds is 9. The van der Waals surface area contributed by atoms with Crippen LogP contribution in [0.4, 0.5) is 5.69 Å².